The topological polar surface area (TPSA) is 13.1 Å². The minimum absolute atomic E-state index is 0.939. The Labute approximate surface area is 290 Å². The molecule has 0 saturated heterocycles. The molecule has 1 aliphatic rings. The molecule has 0 saturated carbocycles. The molecule has 0 atom stereocenters. The Morgan fingerprint density at radius 1 is 0.440 bits per heavy atom. The summed E-state index contributed by atoms with van der Waals surface area (Å²) in [5, 5.41) is 13.6. The maximum atomic E-state index is 6.65. The van der Waals surface area contributed by atoms with Crippen LogP contribution in [0.3, 0.4) is 0 Å². The van der Waals surface area contributed by atoms with Gasteiger partial charge in [0.2, 0.25) is 0 Å². The number of rotatable bonds is 2. The van der Waals surface area contributed by atoms with Crippen molar-refractivity contribution in [2.45, 2.75) is 20.3 Å². The molecule has 50 heavy (non-hydrogen) atoms. The molecule has 1 aliphatic carbocycles. The van der Waals surface area contributed by atoms with E-state index in [1.165, 1.54) is 98.5 Å². The van der Waals surface area contributed by atoms with Crippen molar-refractivity contribution < 1.29 is 4.42 Å². The fourth-order valence-corrected chi connectivity index (χ4v) is 8.99. The highest BCUT2D eigenvalue weighted by molar-refractivity contribution is 6.21. The largest absolute Gasteiger partial charge is 0.463 e. The molecule has 234 valence electrons. The Bertz CT molecular complexity index is 3080. The number of hydrogen-bond acceptors (Lipinski definition) is 1. The molecule has 0 N–H and O–H groups in total. The molecular weight excluding hydrogens is 605 g/mol. The van der Waals surface area contributed by atoms with Crippen molar-refractivity contribution in [1.29, 1.82) is 0 Å². The summed E-state index contributed by atoms with van der Waals surface area (Å²) in [5.74, 6) is 0. The second-order valence-electron chi connectivity index (χ2n) is 14.1. The van der Waals surface area contributed by atoms with Crippen LogP contribution < -0.4 is 0 Å². The highest BCUT2D eigenvalue weighted by Crippen LogP contribution is 2.50. The summed E-state index contributed by atoms with van der Waals surface area (Å²) < 4.78 is 6.65. The lowest BCUT2D eigenvalue weighted by molar-refractivity contribution is 0.620. The first kappa shape index (κ1) is 27.7. The summed E-state index contributed by atoms with van der Waals surface area (Å²) >= 11 is 0. The summed E-state index contributed by atoms with van der Waals surface area (Å²) in [5.41, 5.74) is 14.1. The lowest BCUT2D eigenvalue weighted by atomic mass is 9.82. The maximum absolute atomic E-state index is 6.65. The van der Waals surface area contributed by atoms with E-state index in [2.05, 4.69) is 153 Å². The van der Waals surface area contributed by atoms with Crippen LogP contribution in [0.5, 0.6) is 0 Å². The Hall–Kier alpha value is -6.18. The fraction of sp³-hybridized carbons (Fsp3) is 0.0612. The van der Waals surface area contributed by atoms with Crippen LogP contribution in [0.15, 0.2) is 150 Å². The van der Waals surface area contributed by atoms with Crippen molar-refractivity contribution >= 4 is 64.8 Å². The third-order valence-electron chi connectivity index (χ3n) is 11.5. The summed E-state index contributed by atoms with van der Waals surface area (Å²) in [6.07, 6.45) is 2.96. The summed E-state index contributed by atoms with van der Waals surface area (Å²) in [6, 6.07) is 51.8. The van der Waals surface area contributed by atoms with Crippen LogP contribution in [0.2, 0.25) is 0 Å². The maximum Gasteiger partial charge on any atom is 0.142 e. The van der Waals surface area contributed by atoms with Gasteiger partial charge < -0.3 is 4.42 Å². The first-order valence-corrected chi connectivity index (χ1v) is 17.5. The van der Waals surface area contributed by atoms with E-state index in [4.69, 9.17) is 4.42 Å². The minimum Gasteiger partial charge on any atom is -0.463 e. The standard InChI is InChI=1S/C49H32O/c1-28-23-35-17-18-39-37-14-8-6-12-33(37)26-44(39)47(35)46(29(28)2)42-20-16-34-24-31-10-3-4-11-32(31)25-43(34)48(42)45-27-50-49-40-19-15-30-9-5-7-13-36(30)38(40)21-22-41(45)49/h3-25,27H,26H2,1-2H3. The third-order valence-corrected chi connectivity index (χ3v) is 11.5. The van der Waals surface area contributed by atoms with Crippen molar-refractivity contribution in [2.75, 3.05) is 0 Å². The van der Waals surface area contributed by atoms with Gasteiger partial charge in [-0.1, -0.05) is 115 Å². The van der Waals surface area contributed by atoms with Gasteiger partial charge in [0.25, 0.3) is 0 Å². The first-order chi connectivity index (χ1) is 24.6. The van der Waals surface area contributed by atoms with E-state index in [0.29, 0.717) is 0 Å². The van der Waals surface area contributed by atoms with Crippen LogP contribution in [-0.4, -0.2) is 0 Å². The molecule has 10 aromatic rings. The van der Waals surface area contributed by atoms with E-state index in [-0.39, 0.29) is 0 Å². The molecule has 1 aromatic heterocycles. The molecule has 11 rings (SSSR count). The van der Waals surface area contributed by atoms with Crippen LogP contribution in [0, 0.1) is 13.8 Å². The van der Waals surface area contributed by atoms with Gasteiger partial charge >= 0.3 is 0 Å². The quantitative estimate of drug-likeness (QED) is 0.136. The Balaban J connectivity index is 1.28. The average molecular weight is 637 g/mol. The normalized spacial score (nSPS) is 12.5. The summed E-state index contributed by atoms with van der Waals surface area (Å²) in [4.78, 5) is 0. The van der Waals surface area contributed by atoms with Crippen molar-refractivity contribution in [3.05, 3.63) is 168 Å². The van der Waals surface area contributed by atoms with E-state index in [9.17, 15) is 0 Å². The van der Waals surface area contributed by atoms with Gasteiger partial charge in [0.1, 0.15) is 5.58 Å². The first-order valence-electron chi connectivity index (χ1n) is 17.5. The number of aryl methyl sites for hydroxylation is 1. The average Bonchev–Trinajstić information content (AvgIpc) is 3.76. The molecule has 9 aromatic carbocycles. The second-order valence-corrected chi connectivity index (χ2v) is 14.1. The molecular formula is C49H32O. The molecule has 0 bridgehead atoms. The van der Waals surface area contributed by atoms with Crippen molar-refractivity contribution in [3.63, 3.8) is 0 Å². The van der Waals surface area contributed by atoms with Crippen LogP contribution in [0.4, 0.5) is 0 Å². The fourth-order valence-electron chi connectivity index (χ4n) is 8.99. The van der Waals surface area contributed by atoms with E-state index in [1.54, 1.807) is 0 Å². The molecule has 0 aliphatic heterocycles. The number of furan rings is 1. The van der Waals surface area contributed by atoms with Gasteiger partial charge in [0, 0.05) is 21.9 Å². The SMILES string of the molecule is Cc1cc2ccc3c(c2c(-c2ccc4cc5ccccc5cc4c2-c2coc4c2ccc2c5ccccc5ccc24)c1C)Cc1ccccc1-3. The lowest BCUT2D eigenvalue weighted by Crippen LogP contribution is -1.97. The minimum atomic E-state index is 0.939. The molecule has 0 amide bonds. The van der Waals surface area contributed by atoms with Crippen molar-refractivity contribution in [3.8, 4) is 33.4 Å². The van der Waals surface area contributed by atoms with Gasteiger partial charge in [-0.05, 0) is 138 Å². The Morgan fingerprint density at radius 3 is 2.04 bits per heavy atom. The van der Waals surface area contributed by atoms with Crippen LogP contribution >= 0.6 is 0 Å². The van der Waals surface area contributed by atoms with E-state index >= 15 is 0 Å². The van der Waals surface area contributed by atoms with Crippen molar-refractivity contribution in [1.82, 2.24) is 0 Å². The van der Waals surface area contributed by atoms with E-state index < -0.39 is 0 Å². The highest BCUT2D eigenvalue weighted by atomic mass is 16.3. The van der Waals surface area contributed by atoms with Gasteiger partial charge in [-0.2, -0.15) is 0 Å². The zero-order valence-corrected chi connectivity index (χ0v) is 28.0. The van der Waals surface area contributed by atoms with Crippen LogP contribution in [0.1, 0.15) is 22.3 Å². The molecule has 0 spiro atoms. The molecule has 0 unspecified atom stereocenters. The van der Waals surface area contributed by atoms with E-state index in [0.717, 1.165) is 28.3 Å². The lowest BCUT2D eigenvalue weighted by Gasteiger charge is -2.21. The summed E-state index contributed by atoms with van der Waals surface area (Å²) in [6.45, 7) is 4.57. The van der Waals surface area contributed by atoms with Gasteiger partial charge in [-0.3, -0.25) is 0 Å². The molecule has 0 radical (unpaired) electrons. The second kappa shape index (κ2) is 10.2. The van der Waals surface area contributed by atoms with Gasteiger partial charge in [0.05, 0.1) is 6.26 Å². The number of fused-ring (bicyclic) bond motifs is 12. The van der Waals surface area contributed by atoms with Crippen LogP contribution in [0.25, 0.3) is 98.2 Å². The van der Waals surface area contributed by atoms with E-state index in [1.807, 2.05) is 6.26 Å². The van der Waals surface area contributed by atoms with Crippen molar-refractivity contribution in [2.24, 2.45) is 0 Å². The van der Waals surface area contributed by atoms with Gasteiger partial charge in [-0.15, -0.1) is 0 Å². The van der Waals surface area contributed by atoms with Crippen LogP contribution in [-0.2, 0) is 6.42 Å². The predicted molar refractivity (Wildman–Crippen MR) is 212 cm³/mol. The third kappa shape index (κ3) is 3.78. The smallest absolute Gasteiger partial charge is 0.142 e. The monoisotopic (exact) mass is 636 g/mol. The predicted octanol–water partition coefficient (Wildman–Crippen LogP) is 13.7. The zero-order chi connectivity index (χ0) is 33.1. The Kier molecular flexibility index (Phi) is 5.64. The van der Waals surface area contributed by atoms with Gasteiger partial charge in [0.15, 0.2) is 0 Å². The summed E-state index contributed by atoms with van der Waals surface area (Å²) in [7, 11) is 0. The molecule has 0 fully saturated rings. The molecule has 1 nitrogen and oxygen atoms in total. The highest BCUT2D eigenvalue weighted by Gasteiger charge is 2.26. The van der Waals surface area contributed by atoms with Gasteiger partial charge in [-0.25, -0.2) is 0 Å². The number of benzene rings is 9. The zero-order valence-electron chi connectivity index (χ0n) is 28.0. The molecule has 1 heterocycles. The Morgan fingerprint density at radius 2 is 1.14 bits per heavy atom. The molecule has 1 heteroatoms. The number of hydrogen-bond donors (Lipinski definition) is 0.